The Labute approximate surface area is 94.6 Å². The van der Waals surface area contributed by atoms with Crippen molar-refractivity contribution in [3.8, 4) is 0 Å². The highest BCUT2D eigenvalue weighted by molar-refractivity contribution is 6.17. The number of nitrogens with one attached hydrogen (secondary N) is 1. The second-order valence-electron chi connectivity index (χ2n) is 4.03. The third-order valence-electron chi connectivity index (χ3n) is 2.56. The molecule has 0 radical (unpaired) electrons. The highest BCUT2D eigenvalue weighted by atomic mass is 35.5. The van der Waals surface area contributed by atoms with Crippen LogP contribution in [0.5, 0.6) is 0 Å². The van der Waals surface area contributed by atoms with Crippen molar-refractivity contribution in [2.24, 2.45) is 5.92 Å². The fourth-order valence-corrected chi connectivity index (χ4v) is 1.65. The van der Waals surface area contributed by atoms with Crippen molar-refractivity contribution >= 4 is 23.2 Å². The number of halogens is 1. The van der Waals surface area contributed by atoms with Gasteiger partial charge in [0.15, 0.2) is 0 Å². The normalized spacial score (nSPS) is 15.0. The number of alkyl halides is 1. The van der Waals surface area contributed by atoms with Crippen LogP contribution < -0.4 is 5.32 Å². The molecule has 0 unspecified atom stereocenters. The molecule has 0 heterocycles. The standard InChI is InChI=1S/C12H14ClNO/c13-8-10-3-5-11(6-4-10)14-12(15)7-9-1-2-9/h3-6,9H,1-2,7-8H2,(H,14,15). The molecule has 0 spiro atoms. The van der Waals surface area contributed by atoms with Crippen LogP contribution >= 0.6 is 11.6 Å². The first-order chi connectivity index (χ1) is 7.28. The fourth-order valence-electron chi connectivity index (χ4n) is 1.47. The zero-order valence-electron chi connectivity index (χ0n) is 8.50. The third-order valence-corrected chi connectivity index (χ3v) is 2.87. The first kappa shape index (κ1) is 10.5. The molecule has 0 atom stereocenters. The number of anilines is 1. The summed E-state index contributed by atoms with van der Waals surface area (Å²) in [6.45, 7) is 0. The highest BCUT2D eigenvalue weighted by Gasteiger charge is 2.24. The van der Waals surface area contributed by atoms with Crippen LogP contribution in [0.3, 0.4) is 0 Å². The molecule has 1 fully saturated rings. The predicted molar refractivity (Wildman–Crippen MR) is 62.0 cm³/mol. The summed E-state index contributed by atoms with van der Waals surface area (Å²) in [4.78, 5) is 11.5. The van der Waals surface area contributed by atoms with E-state index in [1.165, 1.54) is 12.8 Å². The minimum Gasteiger partial charge on any atom is -0.326 e. The second-order valence-corrected chi connectivity index (χ2v) is 4.29. The largest absolute Gasteiger partial charge is 0.326 e. The van der Waals surface area contributed by atoms with Crippen molar-refractivity contribution < 1.29 is 4.79 Å². The summed E-state index contributed by atoms with van der Waals surface area (Å²) >= 11 is 5.67. The Morgan fingerprint density at radius 2 is 2.00 bits per heavy atom. The summed E-state index contributed by atoms with van der Waals surface area (Å²) in [5.74, 6) is 1.26. The van der Waals surface area contributed by atoms with Crippen molar-refractivity contribution in [3.05, 3.63) is 29.8 Å². The van der Waals surface area contributed by atoms with Gasteiger partial charge >= 0.3 is 0 Å². The van der Waals surface area contributed by atoms with E-state index in [0.29, 0.717) is 18.2 Å². The van der Waals surface area contributed by atoms with Gasteiger partial charge in [0, 0.05) is 18.0 Å². The first-order valence-corrected chi connectivity index (χ1v) is 5.76. The van der Waals surface area contributed by atoms with Gasteiger partial charge in [-0.2, -0.15) is 0 Å². The van der Waals surface area contributed by atoms with Crippen molar-refractivity contribution in [1.82, 2.24) is 0 Å². The van der Waals surface area contributed by atoms with Crippen molar-refractivity contribution in [2.75, 3.05) is 5.32 Å². The molecular formula is C12H14ClNO. The van der Waals surface area contributed by atoms with E-state index in [9.17, 15) is 4.79 Å². The molecular weight excluding hydrogens is 210 g/mol. The molecule has 1 saturated carbocycles. The quantitative estimate of drug-likeness (QED) is 0.781. The number of carbonyl (C=O) groups excluding carboxylic acids is 1. The van der Waals surface area contributed by atoms with Crippen LogP contribution in [0.1, 0.15) is 24.8 Å². The minimum absolute atomic E-state index is 0.121. The minimum atomic E-state index is 0.121. The number of amides is 1. The van der Waals surface area contributed by atoms with E-state index in [2.05, 4.69) is 5.32 Å². The average Bonchev–Trinajstić information content (AvgIpc) is 3.03. The van der Waals surface area contributed by atoms with Crippen LogP contribution in [0.2, 0.25) is 0 Å². The second kappa shape index (κ2) is 4.67. The molecule has 2 rings (SSSR count). The Hall–Kier alpha value is -1.02. The van der Waals surface area contributed by atoms with E-state index >= 15 is 0 Å². The lowest BCUT2D eigenvalue weighted by Gasteiger charge is -2.04. The van der Waals surface area contributed by atoms with Gasteiger partial charge in [0.25, 0.3) is 0 Å². The lowest BCUT2D eigenvalue weighted by molar-refractivity contribution is -0.116. The Morgan fingerprint density at radius 1 is 1.33 bits per heavy atom. The van der Waals surface area contributed by atoms with Gasteiger partial charge < -0.3 is 5.32 Å². The van der Waals surface area contributed by atoms with Crippen LogP contribution in [0.25, 0.3) is 0 Å². The zero-order chi connectivity index (χ0) is 10.7. The van der Waals surface area contributed by atoms with Gasteiger partial charge in [-0.25, -0.2) is 0 Å². The molecule has 2 nitrogen and oxygen atoms in total. The fraction of sp³-hybridized carbons (Fsp3) is 0.417. The van der Waals surface area contributed by atoms with Gasteiger partial charge in [-0.05, 0) is 36.5 Å². The van der Waals surface area contributed by atoms with Crippen molar-refractivity contribution in [1.29, 1.82) is 0 Å². The summed E-state index contributed by atoms with van der Waals surface area (Å²) in [5.41, 5.74) is 1.92. The molecule has 80 valence electrons. The molecule has 1 aliphatic rings. The number of carbonyl (C=O) groups is 1. The van der Waals surface area contributed by atoms with E-state index in [1.807, 2.05) is 24.3 Å². The molecule has 1 aromatic carbocycles. The van der Waals surface area contributed by atoms with Crippen molar-refractivity contribution in [3.63, 3.8) is 0 Å². The van der Waals surface area contributed by atoms with Crippen LogP contribution in [0, 0.1) is 5.92 Å². The Kier molecular flexibility index (Phi) is 3.27. The average molecular weight is 224 g/mol. The molecule has 1 N–H and O–H groups in total. The van der Waals surface area contributed by atoms with E-state index in [0.717, 1.165) is 11.3 Å². The summed E-state index contributed by atoms with van der Waals surface area (Å²) in [6.07, 6.45) is 3.08. The molecule has 0 aliphatic heterocycles. The Balaban J connectivity index is 1.88. The summed E-state index contributed by atoms with van der Waals surface area (Å²) in [5, 5.41) is 2.88. The molecule has 1 aromatic rings. The maximum absolute atomic E-state index is 11.5. The molecule has 1 aliphatic carbocycles. The lowest BCUT2D eigenvalue weighted by atomic mass is 10.2. The molecule has 3 heteroatoms. The summed E-state index contributed by atoms with van der Waals surface area (Å²) in [6, 6.07) is 7.64. The van der Waals surface area contributed by atoms with Gasteiger partial charge in [0.05, 0.1) is 0 Å². The Bertz CT molecular complexity index is 343. The van der Waals surface area contributed by atoms with E-state index < -0.39 is 0 Å². The van der Waals surface area contributed by atoms with E-state index in [4.69, 9.17) is 11.6 Å². The van der Waals surface area contributed by atoms with Gasteiger partial charge in [0.2, 0.25) is 5.91 Å². The number of rotatable bonds is 4. The van der Waals surface area contributed by atoms with Gasteiger partial charge in [-0.3, -0.25) is 4.79 Å². The van der Waals surface area contributed by atoms with Crippen molar-refractivity contribution in [2.45, 2.75) is 25.1 Å². The first-order valence-electron chi connectivity index (χ1n) is 5.22. The molecule has 0 bridgehead atoms. The number of hydrogen-bond acceptors (Lipinski definition) is 1. The number of benzene rings is 1. The number of hydrogen-bond donors (Lipinski definition) is 1. The molecule has 0 saturated heterocycles. The van der Waals surface area contributed by atoms with E-state index in [-0.39, 0.29) is 5.91 Å². The van der Waals surface area contributed by atoms with Gasteiger partial charge in [0.1, 0.15) is 0 Å². The maximum atomic E-state index is 11.5. The monoisotopic (exact) mass is 223 g/mol. The van der Waals surface area contributed by atoms with Crippen LogP contribution in [-0.2, 0) is 10.7 Å². The summed E-state index contributed by atoms with van der Waals surface area (Å²) < 4.78 is 0. The maximum Gasteiger partial charge on any atom is 0.224 e. The van der Waals surface area contributed by atoms with Crippen LogP contribution in [0.4, 0.5) is 5.69 Å². The van der Waals surface area contributed by atoms with Gasteiger partial charge in [-0.1, -0.05) is 12.1 Å². The predicted octanol–water partition coefficient (Wildman–Crippen LogP) is 3.16. The topological polar surface area (TPSA) is 29.1 Å². The SMILES string of the molecule is O=C(CC1CC1)Nc1ccc(CCl)cc1. The highest BCUT2D eigenvalue weighted by Crippen LogP contribution is 2.32. The Morgan fingerprint density at radius 3 is 2.53 bits per heavy atom. The van der Waals surface area contributed by atoms with E-state index in [1.54, 1.807) is 0 Å². The van der Waals surface area contributed by atoms with Crippen LogP contribution in [-0.4, -0.2) is 5.91 Å². The molecule has 0 aromatic heterocycles. The third kappa shape index (κ3) is 3.24. The zero-order valence-corrected chi connectivity index (χ0v) is 9.26. The smallest absolute Gasteiger partial charge is 0.224 e. The van der Waals surface area contributed by atoms with Crippen LogP contribution in [0.15, 0.2) is 24.3 Å². The molecule has 1 amide bonds. The molecule has 15 heavy (non-hydrogen) atoms. The van der Waals surface area contributed by atoms with Gasteiger partial charge in [-0.15, -0.1) is 11.6 Å². The summed E-state index contributed by atoms with van der Waals surface area (Å²) in [7, 11) is 0. The lowest BCUT2D eigenvalue weighted by Crippen LogP contribution is -2.11.